The van der Waals surface area contributed by atoms with E-state index in [0.29, 0.717) is 78.8 Å². The van der Waals surface area contributed by atoms with Crippen molar-refractivity contribution in [2.45, 2.75) is 328 Å². The van der Waals surface area contributed by atoms with E-state index in [0.717, 1.165) is 83.5 Å². The Hall–Kier alpha value is -2.58. The monoisotopic (exact) mass is 1130 g/mol. The lowest BCUT2D eigenvalue weighted by molar-refractivity contribution is -0.121. The van der Waals surface area contributed by atoms with Crippen LogP contribution in [-0.4, -0.2) is 147 Å². The fourth-order valence-electron chi connectivity index (χ4n) is 12.6. The predicted molar refractivity (Wildman–Crippen MR) is 334 cm³/mol. The quantitative estimate of drug-likeness (QED) is 0.0514. The van der Waals surface area contributed by atoms with E-state index in [1.165, 1.54) is 90.8 Å². The van der Waals surface area contributed by atoms with Gasteiger partial charge < -0.3 is 74.4 Å². The SMILES string of the molecule is CC(CO)NC1CCCC(=O)C1.CC(CO)NC1CCCC(NC(C)CO)C1.CCC(N)C(C)NC1CCCC(=O)C1.CCC(N)C(C)NC1CCCC(NC(C)C(N)CC)C1.CCc1[nH]c2c(c1C)CCc1[nH]c(CC)c(C)c1-2. The summed E-state index contributed by atoms with van der Waals surface area (Å²) in [6, 6.07) is 5.17. The van der Waals surface area contributed by atoms with Crippen molar-refractivity contribution in [3.63, 3.8) is 0 Å². The Morgan fingerprint density at radius 1 is 0.475 bits per heavy atom. The largest absolute Gasteiger partial charge is 0.395 e. The fourth-order valence-corrected chi connectivity index (χ4v) is 12.6. The van der Waals surface area contributed by atoms with Gasteiger partial charge in [0, 0.05) is 139 Å². The van der Waals surface area contributed by atoms with Crippen molar-refractivity contribution in [3.8, 4) is 11.3 Å². The Labute approximate surface area is 486 Å². The van der Waals surface area contributed by atoms with E-state index in [4.69, 9.17) is 32.5 Å². The van der Waals surface area contributed by atoms with Crippen molar-refractivity contribution < 1.29 is 24.9 Å². The van der Waals surface area contributed by atoms with Crippen LogP contribution >= 0.6 is 0 Å². The number of fused-ring (bicyclic) bond motifs is 3. The molecule has 2 heterocycles. The molecule has 5 aliphatic rings. The summed E-state index contributed by atoms with van der Waals surface area (Å²) < 4.78 is 0. The van der Waals surface area contributed by atoms with Crippen molar-refractivity contribution in [2.24, 2.45) is 17.2 Å². The number of aromatic nitrogens is 2. The Bertz CT molecular complexity index is 1970. The third-order valence-corrected chi connectivity index (χ3v) is 18.0. The fraction of sp³-hybridized carbons (Fsp3) is 0.844. The maximum atomic E-state index is 11.2. The first-order valence-electron chi connectivity index (χ1n) is 32.2. The number of carbonyl (C=O) groups is 2. The van der Waals surface area contributed by atoms with Crippen LogP contribution in [0.2, 0.25) is 0 Å². The maximum absolute atomic E-state index is 11.2. The third kappa shape index (κ3) is 24.6. The normalized spacial score (nSPS) is 25.3. The van der Waals surface area contributed by atoms with Crippen molar-refractivity contribution >= 4 is 11.6 Å². The first-order chi connectivity index (χ1) is 38.1. The number of ketones is 2. The summed E-state index contributed by atoms with van der Waals surface area (Å²) in [5.41, 5.74) is 29.7. The van der Waals surface area contributed by atoms with Gasteiger partial charge in [-0.25, -0.2) is 0 Å². The molecule has 80 heavy (non-hydrogen) atoms. The molecule has 7 rings (SSSR count). The molecule has 15 atom stereocenters. The number of hydrogen-bond donors (Lipinski definition) is 14. The van der Waals surface area contributed by atoms with Crippen LogP contribution in [0.4, 0.5) is 0 Å². The number of rotatable bonds is 23. The molecule has 0 aromatic carbocycles. The van der Waals surface area contributed by atoms with Crippen LogP contribution in [0.3, 0.4) is 0 Å². The van der Waals surface area contributed by atoms with Crippen LogP contribution in [0, 0.1) is 13.8 Å². The van der Waals surface area contributed by atoms with Crippen molar-refractivity contribution in [3.05, 3.63) is 33.8 Å². The molecular formula is C64H123N11O5. The molecule has 0 spiro atoms. The summed E-state index contributed by atoms with van der Waals surface area (Å²) in [7, 11) is 0. The zero-order valence-electron chi connectivity index (χ0n) is 52.9. The molecule has 0 bridgehead atoms. The standard InChI is InChI=1S/C16H36N4.C16H22N2.C12H26N2O2.C11H22N2O.C9H17NO2/c1-5-15(17)11(3)19-13-8-7-9-14(10-13)20-12(4)16(18)6-2;1-5-12-9(3)11-7-8-14-15(16(11)18-12)10(4)13(6-2)17-14;1-9(7-15)13-11-4-3-5-12(6-11)14-10(2)8-16;1-3-11(12)8(2)13-9-5-4-6-10(14)7-9;1-7(6-11)10-8-3-2-4-9(12)5-8/h11-16,19-20H,5-10,17-18H2,1-4H3;17-18H,5-8H2,1-4H3;9-16H,3-8H2,1-2H3;8-9,11,13H,3-7,12H2,1-2H3;7-8,10-11H,2-6H2,1H3. The zero-order valence-corrected chi connectivity index (χ0v) is 52.9. The Morgan fingerprint density at radius 2 is 0.825 bits per heavy atom. The first-order valence-corrected chi connectivity index (χ1v) is 32.2. The highest BCUT2D eigenvalue weighted by molar-refractivity contribution is 5.80. The van der Waals surface area contributed by atoms with Gasteiger partial charge in [0.25, 0.3) is 0 Å². The number of aliphatic hydroxyl groups is 3. The van der Waals surface area contributed by atoms with Crippen molar-refractivity contribution in [1.82, 2.24) is 41.9 Å². The molecular weight excluding hydrogens is 1000 g/mol. The minimum Gasteiger partial charge on any atom is -0.395 e. The van der Waals surface area contributed by atoms with Gasteiger partial charge in [-0.2, -0.15) is 0 Å². The molecule has 0 saturated heterocycles. The highest BCUT2D eigenvalue weighted by Crippen LogP contribution is 2.39. The highest BCUT2D eigenvalue weighted by atomic mass is 16.3. The number of Topliss-reactive ketones (excluding diaryl/α,β-unsaturated/α-hetero) is 2. The number of aliphatic hydroxyl groups excluding tert-OH is 3. The molecule has 16 heteroatoms. The van der Waals surface area contributed by atoms with Gasteiger partial charge in [-0.15, -0.1) is 0 Å². The number of hydrogen-bond acceptors (Lipinski definition) is 14. The molecule has 16 nitrogen and oxygen atoms in total. The van der Waals surface area contributed by atoms with Crippen LogP contribution in [0.5, 0.6) is 0 Å². The Morgan fingerprint density at radius 3 is 1.20 bits per heavy atom. The molecule has 2 aromatic heterocycles. The number of aromatic amines is 2. The molecule has 17 N–H and O–H groups in total. The van der Waals surface area contributed by atoms with Crippen LogP contribution in [0.1, 0.15) is 232 Å². The second kappa shape index (κ2) is 38.4. The van der Waals surface area contributed by atoms with E-state index < -0.39 is 0 Å². The summed E-state index contributed by atoms with van der Waals surface area (Å²) in [6.07, 6.45) is 24.3. The number of aryl methyl sites for hydroxylation is 3. The van der Waals surface area contributed by atoms with E-state index >= 15 is 0 Å². The maximum Gasteiger partial charge on any atom is 0.134 e. The minimum absolute atomic E-state index is 0.112. The van der Waals surface area contributed by atoms with Crippen LogP contribution in [0.25, 0.3) is 11.3 Å². The van der Waals surface area contributed by atoms with Gasteiger partial charge in [0.2, 0.25) is 0 Å². The van der Waals surface area contributed by atoms with Gasteiger partial charge in [0.1, 0.15) is 11.6 Å². The third-order valence-electron chi connectivity index (χ3n) is 18.0. The van der Waals surface area contributed by atoms with E-state index in [-0.39, 0.29) is 56.1 Å². The average molecular weight is 1130 g/mol. The van der Waals surface area contributed by atoms with E-state index in [9.17, 15) is 9.59 Å². The second-order valence-corrected chi connectivity index (χ2v) is 25.0. The van der Waals surface area contributed by atoms with Crippen LogP contribution in [-0.2, 0) is 35.3 Å². The van der Waals surface area contributed by atoms with Gasteiger partial charge >= 0.3 is 0 Å². The van der Waals surface area contributed by atoms with Gasteiger partial charge in [-0.3, -0.25) is 9.59 Å². The first kappa shape index (κ1) is 71.7. The van der Waals surface area contributed by atoms with E-state index in [1.54, 1.807) is 5.56 Å². The van der Waals surface area contributed by atoms with Crippen molar-refractivity contribution in [2.75, 3.05) is 19.8 Å². The molecule has 15 unspecified atom stereocenters. The Balaban J connectivity index is 0.000000265. The number of nitrogens with one attached hydrogen (secondary N) is 8. The summed E-state index contributed by atoms with van der Waals surface area (Å²) in [5.74, 6) is 0.745. The smallest absolute Gasteiger partial charge is 0.134 e. The lowest BCUT2D eigenvalue weighted by Gasteiger charge is -2.36. The second-order valence-electron chi connectivity index (χ2n) is 25.0. The van der Waals surface area contributed by atoms with E-state index in [2.05, 4.69) is 111 Å². The molecule has 0 amide bonds. The van der Waals surface area contributed by atoms with Crippen molar-refractivity contribution in [1.29, 1.82) is 0 Å². The molecule has 0 radical (unpaired) electrons. The number of nitrogens with two attached hydrogens (primary N) is 3. The molecule has 4 fully saturated rings. The van der Waals surface area contributed by atoms with Gasteiger partial charge in [-0.1, -0.05) is 47.5 Å². The average Bonchev–Trinajstić information content (AvgIpc) is 4.01. The molecule has 2 aromatic rings. The highest BCUT2D eigenvalue weighted by Gasteiger charge is 2.29. The zero-order chi connectivity index (χ0) is 59.5. The lowest BCUT2D eigenvalue weighted by Crippen LogP contribution is -2.53. The predicted octanol–water partition coefficient (Wildman–Crippen LogP) is 7.50. The number of carbonyl (C=O) groups excluding carboxylic acids is 2. The molecule has 464 valence electrons. The number of H-pyrrole nitrogens is 2. The Kier molecular flexibility index (Phi) is 34.4. The van der Waals surface area contributed by atoms with Gasteiger partial charge in [-0.05, 0) is 181 Å². The summed E-state index contributed by atoms with van der Waals surface area (Å²) in [4.78, 5) is 29.5. The summed E-state index contributed by atoms with van der Waals surface area (Å²) in [5, 5.41) is 47.8. The topological polar surface area (TPSA) is 277 Å². The lowest BCUT2D eigenvalue weighted by atomic mass is 9.89. The molecule has 5 aliphatic carbocycles. The minimum atomic E-state index is 0.112. The van der Waals surface area contributed by atoms with Crippen LogP contribution in [0.15, 0.2) is 0 Å². The van der Waals surface area contributed by atoms with Gasteiger partial charge in [0.05, 0.1) is 25.5 Å². The summed E-state index contributed by atoms with van der Waals surface area (Å²) >= 11 is 0. The van der Waals surface area contributed by atoms with Gasteiger partial charge in [0.15, 0.2) is 0 Å². The molecule has 0 aliphatic heterocycles. The summed E-state index contributed by atoms with van der Waals surface area (Å²) in [6.45, 7) is 28.4. The molecule has 4 saturated carbocycles. The van der Waals surface area contributed by atoms with E-state index in [1.807, 2.05) is 20.8 Å². The van der Waals surface area contributed by atoms with Crippen LogP contribution < -0.4 is 49.1 Å².